The van der Waals surface area contributed by atoms with Gasteiger partial charge in [-0.15, -0.1) is 10.2 Å². The van der Waals surface area contributed by atoms with Crippen molar-refractivity contribution < 1.29 is 18.0 Å². The Morgan fingerprint density at radius 3 is 2.67 bits per heavy atom. The van der Waals surface area contributed by atoms with Crippen molar-refractivity contribution in [1.29, 1.82) is 0 Å². The normalized spacial score (nSPS) is 20.4. The number of hydrogen-bond acceptors (Lipinski definition) is 4. The zero-order chi connectivity index (χ0) is 13.2. The van der Waals surface area contributed by atoms with Crippen molar-refractivity contribution >= 4 is 11.7 Å². The van der Waals surface area contributed by atoms with Crippen LogP contribution in [0.15, 0.2) is 12.1 Å². The number of aromatic nitrogens is 2. The number of nitrogens with zero attached hydrogens (tertiary/aromatic N) is 2. The topological polar surface area (TPSA) is 66.9 Å². The average Bonchev–Trinajstić information content (AvgIpc) is 2.32. The second-order valence-corrected chi connectivity index (χ2v) is 3.93. The Balaban J connectivity index is 2.04. The molecule has 0 saturated carbocycles. The van der Waals surface area contributed by atoms with Crippen LogP contribution in [-0.2, 0) is 11.0 Å². The molecule has 1 aliphatic rings. The smallest absolute Gasteiger partial charge is 0.357 e. The molecule has 2 N–H and O–H groups in total. The number of anilines is 1. The number of alkyl halides is 3. The molecule has 8 heteroatoms. The van der Waals surface area contributed by atoms with Crippen LogP contribution in [0.4, 0.5) is 19.0 Å². The van der Waals surface area contributed by atoms with Crippen molar-refractivity contribution in [3.8, 4) is 0 Å². The van der Waals surface area contributed by atoms with Gasteiger partial charge in [-0.3, -0.25) is 4.79 Å². The van der Waals surface area contributed by atoms with Crippen LogP contribution in [0.1, 0.15) is 18.5 Å². The van der Waals surface area contributed by atoms with Gasteiger partial charge in [0, 0.05) is 6.54 Å². The molecule has 1 aliphatic heterocycles. The Bertz CT molecular complexity index is 432. The van der Waals surface area contributed by atoms with Crippen molar-refractivity contribution in [2.75, 3.05) is 11.9 Å². The first-order valence-electron chi connectivity index (χ1n) is 5.42. The predicted molar refractivity (Wildman–Crippen MR) is 56.7 cm³/mol. The number of halogens is 3. The van der Waals surface area contributed by atoms with E-state index in [0.29, 0.717) is 13.0 Å². The highest BCUT2D eigenvalue weighted by Crippen LogP contribution is 2.27. The molecule has 1 saturated heterocycles. The molecule has 0 bridgehead atoms. The van der Waals surface area contributed by atoms with Crippen molar-refractivity contribution in [3.63, 3.8) is 0 Å². The van der Waals surface area contributed by atoms with Crippen molar-refractivity contribution in [1.82, 2.24) is 15.5 Å². The number of rotatable bonds is 2. The van der Waals surface area contributed by atoms with E-state index >= 15 is 0 Å². The second-order valence-electron chi connectivity index (χ2n) is 3.93. The molecule has 2 rings (SSSR count). The minimum atomic E-state index is -4.51. The molecule has 1 aromatic heterocycles. The van der Waals surface area contributed by atoms with Gasteiger partial charge in [-0.1, -0.05) is 0 Å². The lowest BCUT2D eigenvalue weighted by Gasteiger charge is -2.22. The Morgan fingerprint density at radius 2 is 2.11 bits per heavy atom. The molecule has 5 nitrogen and oxygen atoms in total. The van der Waals surface area contributed by atoms with E-state index in [9.17, 15) is 18.0 Å². The minimum Gasteiger partial charge on any atom is -0.357 e. The first-order valence-corrected chi connectivity index (χ1v) is 5.42. The van der Waals surface area contributed by atoms with Crippen LogP contribution in [-0.4, -0.2) is 28.7 Å². The van der Waals surface area contributed by atoms with E-state index in [-0.39, 0.29) is 11.7 Å². The van der Waals surface area contributed by atoms with Gasteiger partial charge in [0.05, 0.1) is 0 Å². The quantitative estimate of drug-likeness (QED) is 0.838. The summed E-state index contributed by atoms with van der Waals surface area (Å²) in [6.07, 6.45) is -3.07. The maximum atomic E-state index is 12.3. The first-order chi connectivity index (χ1) is 8.47. The monoisotopic (exact) mass is 260 g/mol. The molecule has 0 aliphatic carbocycles. The van der Waals surface area contributed by atoms with E-state index in [1.807, 2.05) is 0 Å². The summed E-state index contributed by atoms with van der Waals surface area (Å²) < 4.78 is 36.8. The third kappa shape index (κ3) is 2.88. The predicted octanol–water partition coefficient (Wildman–Crippen LogP) is 1.19. The summed E-state index contributed by atoms with van der Waals surface area (Å²) in [5.41, 5.74) is -1.05. The highest BCUT2D eigenvalue weighted by Gasteiger charge is 2.33. The van der Waals surface area contributed by atoms with Crippen molar-refractivity contribution in [3.05, 3.63) is 17.8 Å². The molecule has 0 aromatic carbocycles. The molecular formula is C10H11F3N4O. The van der Waals surface area contributed by atoms with Gasteiger partial charge in [0.15, 0.2) is 5.69 Å². The molecule has 0 spiro atoms. The van der Waals surface area contributed by atoms with Crippen LogP contribution in [0.5, 0.6) is 0 Å². The molecule has 1 aromatic rings. The van der Waals surface area contributed by atoms with E-state index < -0.39 is 17.9 Å². The summed E-state index contributed by atoms with van der Waals surface area (Å²) in [7, 11) is 0. The maximum Gasteiger partial charge on any atom is 0.435 e. The maximum absolute atomic E-state index is 12.3. The van der Waals surface area contributed by atoms with Gasteiger partial charge in [-0.05, 0) is 25.0 Å². The van der Waals surface area contributed by atoms with E-state index in [0.717, 1.165) is 18.6 Å². The zero-order valence-corrected chi connectivity index (χ0v) is 9.29. The van der Waals surface area contributed by atoms with Gasteiger partial charge in [0.25, 0.3) is 0 Å². The number of carbonyl (C=O) groups excluding carboxylic acids is 1. The third-order valence-corrected chi connectivity index (χ3v) is 2.56. The van der Waals surface area contributed by atoms with Crippen LogP contribution in [0.2, 0.25) is 0 Å². The molecule has 2 heterocycles. The Morgan fingerprint density at radius 1 is 1.33 bits per heavy atom. The fourth-order valence-electron chi connectivity index (χ4n) is 1.65. The van der Waals surface area contributed by atoms with Gasteiger partial charge in [0.1, 0.15) is 11.9 Å². The van der Waals surface area contributed by atoms with Crippen molar-refractivity contribution in [2.45, 2.75) is 25.1 Å². The number of hydrogen-bond donors (Lipinski definition) is 2. The van der Waals surface area contributed by atoms with E-state index in [2.05, 4.69) is 20.8 Å². The van der Waals surface area contributed by atoms with Gasteiger partial charge in [0.2, 0.25) is 5.91 Å². The van der Waals surface area contributed by atoms with E-state index in [4.69, 9.17) is 0 Å². The number of amides is 1. The molecule has 18 heavy (non-hydrogen) atoms. The Labute approximate surface area is 101 Å². The molecular weight excluding hydrogens is 249 g/mol. The van der Waals surface area contributed by atoms with E-state index in [1.54, 1.807) is 0 Å². The van der Waals surface area contributed by atoms with Crippen LogP contribution in [0.3, 0.4) is 0 Å². The zero-order valence-electron chi connectivity index (χ0n) is 9.29. The first kappa shape index (κ1) is 12.6. The summed E-state index contributed by atoms with van der Waals surface area (Å²) in [6.45, 7) is 0.621. The van der Waals surface area contributed by atoms with Gasteiger partial charge in [-0.2, -0.15) is 13.2 Å². The lowest BCUT2D eigenvalue weighted by atomic mass is 10.1. The molecule has 0 unspecified atom stereocenters. The highest BCUT2D eigenvalue weighted by atomic mass is 19.4. The lowest BCUT2D eigenvalue weighted by Crippen LogP contribution is -2.44. The summed E-state index contributed by atoms with van der Waals surface area (Å²) >= 11 is 0. The number of carbonyl (C=O) groups is 1. The standard InChI is InChI=1S/C10H11F3N4O/c11-10(12,13)7-3-4-8(17-16-7)15-6-2-1-5-14-9(6)18/h3-4,6H,1-2,5H2,(H,14,18)(H,15,17)/t6-/m0/s1. The third-order valence-electron chi connectivity index (χ3n) is 2.56. The fraction of sp³-hybridized carbons (Fsp3) is 0.500. The number of nitrogens with one attached hydrogen (secondary N) is 2. The highest BCUT2D eigenvalue weighted by molar-refractivity contribution is 5.84. The lowest BCUT2D eigenvalue weighted by molar-refractivity contribution is -0.141. The van der Waals surface area contributed by atoms with Crippen molar-refractivity contribution in [2.24, 2.45) is 0 Å². The summed E-state index contributed by atoms with van der Waals surface area (Å²) in [5, 5.41) is 11.9. The summed E-state index contributed by atoms with van der Waals surface area (Å²) in [6, 6.07) is 1.53. The van der Waals surface area contributed by atoms with Crippen LogP contribution in [0.25, 0.3) is 0 Å². The second kappa shape index (κ2) is 4.79. The molecule has 1 amide bonds. The van der Waals surface area contributed by atoms with Crippen LogP contribution in [0, 0.1) is 0 Å². The summed E-state index contributed by atoms with van der Waals surface area (Å²) in [4.78, 5) is 11.4. The average molecular weight is 260 g/mol. The molecule has 0 radical (unpaired) electrons. The van der Waals surface area contributed by atoms with Gasteiger partial charge in [-0.25, -0.2) is 0 Å². The molecule has 98 valence electrons. The van der Waals surface area contributed by atoms with E-state index in [1.165, 1.54) is 0 Å². The Hall–Kier alpha value is -1.86. The Kier molecular flexibility index (Phi) is 3.35. The number of piperidine rings is 1. The minimum absolute atomic E-state index is 0.157. The van der Waals surface area contributed by atoms with Gasteiger partial charge < -0.3 is 10.6 Å². The fourth-order valence-corrected chi connectivity index (χ4v) is 1.65. The molecule has 1 fully saturated rings. The summed E-state index contributed by atoms with van der Waals surface area (Å²) in [5.74, 6) is -0.0204. The van der Waals surface area contributed by atoms with Gasteiger partial charge >= 0.3 is 6.18 Å². The van der Waals surface area contributed by atoms with Crippen LogP contribution < -0.4 is 10.6 Å². The SMILES string of the molecule is O=C1NCCC[C@@H]1Nc1ccc(C(F)(F)F)nn1. The molecule has 1 atom stereocenters. The van der Waals surface area contributed by atoms with Crippen LogP contribution >= 0.6 is 0 Å². The largest absolute Gasteiger partial charge is 0.435 e.